The van der Waals surface area contributed by atoms with Gasteiger partial charge < -0.3 is 15.4 Å². The number of hydrogen-bond donors (Lipinski definition) is 2. The number of carbonyl (C=O) groups is 1. The van der Waals surface area contributed by atoms with E-state index in [2.05, 4.69) is 33.5 Å². The molecule has 4 nitrogen and oxygen atoms in total. The average molecular weight is 341 g/mol. The van der Waals surface area contributed by atoms with Crippen LogP contribution in [0.25, 0.3) is 0 Å². The molecule has 1 amide bonds. The van der Waals surface area contributed by atoms with Crippen LogP contribution in [0.4, 0.5) is 5.69 Å². The zero-order chi connectivity index (χ0) is 14.9. The lowest BCUT2D eigenvalue weighted by molar-refractivity contribution is -0.117. The molecule has 1 aromatic carbocycles. The second-order valence-corrected chi connectivity index (χ2v) is 6.42. The highest BCUT2D eigenvalue weighted by atomic mass is 79.9. The van der Waals surface area contributed by atoms with E-state index in [0.717, 1.165) is 34.4 Å². The van der Waals surface area contributed by atoms with Gasteiger partial charge in [0, 0.05) is 17.3 Å². The van der Waals surface area contributed by atoms with Gasteiger partial charge in [0.05, 0.1) is 4.47 Å². The lowest BCUT2D eigenvalue weighted by Gasteiger charge is -2.26. The van der Waals surface area contributed by atoms with Crippen molar-refractivity contribution in [2.45, 2.75) is 45.8 Å². The third-order valence-corrected chi connectivity index (χ3v) is 4.20. The zero-order valence-electron chi connectivity index (χ0n) is 12.3. The van der Waals surface area contributed by atoms with Gasteiger partial charge in [0.1, 0.15) is 17.4 Å². The van der Waals surface area contributed by atoms with E-state index in [4.69, 9.17) is 4.74 Å². The van der Waals surface area contributed by atoms with E-state index in [1.165, 1.54) is 0 Å². The van der Waals surface area contributed by atoms with Crippen LogP contribution in [0.2, 0.25) is 0 Å². The van der Waals surface area contributed by atoms with Crippen LogP contribution < -0.4 is 15.4 Å². The molecule has 1 aliphatic rings. The van der Waals surface area contributed by atoms with Crippen LogP contribution in [0.15, 0.2) is 16.6 Å². The predicted molar refractivity (Wildman–Crippen MR) is 84.2 cm³/mol. The summed E-state index contributed by atoms with van der Waals surface area (Å²) in [6, 6.07) is 3.58. The Labute approximate surface area is 128 Å². The molecule has 1 unspecified atom stereocenters. The molecule has 2 rings (SSSR count). The summed E-state index contributed by atoms with van der Waals surface area (Å²) in [5.41, 5.74) is 1.55. The lowest BCUT2D eigenvalue weighted by Crippen LogP contribution is -2.27. The van der Waals surface area contributed by atoms with Crippen molar-refractivity contribution in [3.05, 3.63) is 22.2 Å². The first-order valence-electron chi connectivity index (χ1n) is 6.94. The van der Waals surface area contributed by atoms with Crippen LogP contribution in [0.5, 0.6) is 5.75 Å². The molecule has 1 heterocycles. The summed E-state index contributed by atoms with van der Waals surface area (Å²) in [5, 5.41) is 6.08. The second-order valence-electron chi connectivity index (χ2n) is 5.57. The Morgan fingerprint density at radius 1 is 1.40 bits per heavy atom. The highest BCUT2D eigenvalue weighted by Crippen LogP contribution is 2.40. The molecule has 5 heteroatoms. The van der Waals surface area contributed by atoms with Crippen LogP contribution in [0.1, 0.15) is 45.7 Å². The van der Waals surface area contributed by atoms with Crippen LogP contribution in [0, 0.1) is 0 Å². The minimum atomic E-state index is -0.278. The molecule has 0 bridgehead atoms. The quantitative estimate of drug-likeness (QED) is 0.860. The zero-order valence-corrected chi connectivity index (χ0v) is 13.9. The van der Waals surface area contributed by atoms with Crippen molar-refractivity contribution in [2.75, 3.05) is 11.9 Å². The van der Waals surface area contributed by atoms with E-state index in [1.54, 1.807) is 0 Å². The summed E-state index contributed by atoms with van der Waals surface area (Å²) in [6.07, 6.45) is 0.906. The van der Waals surface area contributed by atoms with Gasteiger partial charge in [0.2, 0.25) is 5.91 Å². The number of ether oxygens (including phenoxy) is 1. The third kappa shape index (κ3) is 2.99. The number of fused-ring (bicyclic) bond motifs is 1. The number of likely N-dealkylation sites (N-methyl/N-ethyl adjacent to an activating group) is 1. The van der Waals surface area contributed by atoms with Gasteiger partial charge in [-0.25, -0.2) is 0 Å². The van der Waals surface area contributed by atoms with E-state index < -0.39 is 0 Å². The number of rotatable bonds is 5. The van der Waals surface area contributed by atoms with Crippen LogP contribution >= 0.6 is 15.9 Å². The fourth-order valence-electron chi connectivity index (χ4n) is 2.12. The van der Waals surface area contributed by atoms with Gasteiger partial charge in [-0.2, -0.15) is 0 Å². The van der Waals surface area contributed by atoms with Crippen molar-refractivity contribution in [1.29, 1.82) is 0 Å². The largest absolute Gasteiger partial charge is 0.487 e. The van der Waals surface area contributed by atoms with Crippen molar-refractivity contribution in [1.82, 2.24) is 5.32 Å². The third-order valence-electron chi connectivity index (χ3n) is 3.58. The molecule has 1 aliphatic heterocycles. The molecule has 0 spiro atoms. The standard InChI is InChI=1S/C15H21BrN2O2/c1-5-15(3,4)20-12-8-11-9(7-10(12)16)13(17-6-2)14(19)18-11/h7-8,13,17H,5-6H2,1-4H3,(H,18,19). The molecule has 20 heavy (non-hydrogen) atoms. The summed E-state index contributed by atoms with van der Waals surface area (Å²) in [4.78, 5) is 12.0. The van der Waals surface area contributed by atoms with Gasteiger partial charge in [0.15, 0.2) is 0 Å². The molecule has 0 fully saturated rings. The summed E-state index contributed by atoms with van der Waals surface area (Å²) in [7, 11) is 0. The lowest BCUT2D eigenvalue weighted by atomic mass is 10.1. The Morgan fingerprint density at radius 2 is 2.10 bits per heavy atom. The van der Waals surface area contributed by atoms with Crippen LogP contribution in [-0.2, 0) is 4.79 Å². The minimum absolute atomic E-state index is 0.0133. The number of anilines is 1. The van der Waals surface area contributed by atoms with E-state index >= 15 is 0 Å². The maximum atomic E-state index is 12.0. The monoisotopic (exact) mass is 340 g/mol. The van der Waals surface area contributed by atoms with Gasteiger partial charge in [-0.3, -0.25) is 4.79 Å². The molecular formula is C15H21BrN2O2. The molecule has 110 valence electrons. The first-order chi connectivity index (χ1) is 9.38. The van der Waals surface area contributed by atoms with Crippen molar-refractivity contribution in [3.8, 4) is 5.75 Å². The molecular weight excluding hydrogens is 320 g/mol. The smallest absolute Gasteiger partial charge is 0.246 e. The van der Waals surface area contributed by atoms with Gasteiger partial charge in [0.25, 0.3) is 0 Å². The molecule has 0 aliphatic carbocycles. The van der Waals surface area contributed by atoms with E-state index in [-0.39, 0.29) is 17.6 Å². The summed E-state index contributed by atoms with van der Waals surface area (Å²) < 4.78 is 6.89. The Kier molecular flexibility index (Phi) is 4.39. The van der Waals surface area contributed by atoms with Crippen LogP contribution in [0.3, 0.4) is 0 Å². The average Bonchev–Trinajstić information content (AvgIpc) is 2.67. The predicted octanol–water partition coefficient (Wildman–Crippen LogP) is 3.62. The van der Waals surface area contributed by atoms with Crippen molar-refractivity contribution in [3.63, 3.8) is 0 Å². The van der Waals surface area contributed by atoms with Gasteiger partial charge in [-0.05, 0) is 48.8 Å². The normalized spacial score (nSPS) is 17.9. The second kappa shape index (κ2) is 5.74. The highest BCUT2D eigenvalue weighted by Gasteiger charge is 2.31. The van der Waals surface area contributed by atoms with E-state index in [0.29, 0.717) is 0 Å². The first kappa shape index (κ1) is 15.3. The fourth-order valence-corrected chi connectivity index (χ4v) is 2.56. The van der Waals surface area contributed by atoms with Crippen molar-refractivity contribution < 1.29 is 9.53 Å². The topological polar surface area (TPSA) is 50.4 Å². The molecule has 0 radical (unpaired) electrons. The minimum Gasteiger partial charge on any atom is -0.487 e. The number of carbonyl (C=O) groups excluding carboxylic acids is 1. The molecule has 0 saturated carbocycles. The van der Waals surface area contributed by atoms with Gasteiger partial charge >= 0.3 is 0 Å². The summed E-state index contributed by atoms with van der Waals surface area (Å²) >= 11 is 3.54. The Morgan fingerprint density at radius 3 is 2.70 bits per heavy atom. The van der Waals surface area contributed by atoms with E-state index in [1.807, 2.05) is 32.9 Å². The molecule has 1 atom stereocenters. The molecule has 1 aromatic rings. The molecule has 2 N–H and O–H groups in total. The number of benzene rings is 1. The highest BCUT2D eigenvalue weighted by molar-refractivity contribution is 9.10. The molecule has 0 aromatic heterocycles. The van der Waals surface area contributed by atoms with E-state index in [9.17, 15) is 4.79 Å². The van der Waals surface area contributed by atoms with Crippen LogP contribution in [-0.4, -0.2) is 18.1 Å². The fraction of sp³-hybridized carbons (Fsp3) is 0.533. The summed E-state index contributed by atoms with van der Waals surface area (Å²) in [5.74, 6) is 0.744. The Balaban J connectivity index is 2.33. The summed E-state index contributed by atoms with van der Waals surface area (Å²) in [6.45, 7) is 8.92. The maximum absolute atomic E-state index is 12.0. The first-order valence-corrected chi connectivity index (χ1v) is 7.74. The van der Waals surface area contributed by atoms with Gasteiger partial charge in [-0.1, -0.05) is 13.8 Å². The van der Waals surface area contributed by atoms with Gasteiger partial charge in [-0.15, -0.1) is 0 Å². The van der Waals surface area contributed by atoms with Crippen molar-refractivity contribution >= 4 is 27.5 Å². The number of nitrogens with one attached hydrogen (secondary N) is 2. The number of halogens is 1. The Hall–Kier alpha value is -1.07. The SMILES string of the molecule is CCNC1C(=O)Nc2cc(OC(C)(C)CC)c(Br)cc21. The molecule has 0 saturated heterocycles. The van der Waals surface area contributed by atoms with Crippen molar-refractivity contribution in [2.24, 2.45) is 0 Å². The Bertz CT molecular complexity index is 529. The number of amides is 1. The maximum Gasteiger partial charge on any atom is 0.246 e. The number of hydrogen-bond acceptors (Lipinski definition) is 3.